The molecule has 0 bridgehead atoms. The van der Waals surface area contributed by atoms with Crippen LogP contribution in [0.25, 0.3) is 11.0 Å². The highest BCUT2D eigenvalue weighted by Gasteiger charge is 2.11. The standard InChI is InChI=1S/C12H11N7O/c13-17-10-6-5-9(18-19-10)11(20)16-12-14-7-3-1-2-4-8(7)15-12/h1-6H,13H2,(H,17,19)(H2,14,15,16,20). The number of nitrogens with zero attached hydrogens (tertiary/aromatic N) is 3. The van der Waals surface area contributed by atoms with Crippen LogP contribution in [0.3, 0.4) is 0 Å². The highest BCUT2D eigenvalue weighted by Crippen LogP contribution is 2.13. The Labute approximate surface area is 113 Å². The van der Waals surface area contributed by atoms with Crippen molar-refractivity contribution in [1.29, 1.82) is 0 Å². The number of nitrogens with one attached hydrogen (secondary N) is 3. The molecule has 2 aromatic heterocycles. The van der Waals surface area contributed by atoms with Crippen LogP contribution < -0.4 is 16.6 Å². The normalized spacial score (nSPS) is 10.4. The molecule has 0 spiro atoms. The molecule has 0 aliphatic heterocycles. The number of hydrazine groups is 1. The van der Waals surface area contributed by atoms with Crippen LogP contribution in [0.1, 0.15) is 10.5 Å². The van der Waals surface area contributed by atoms with Gasteiger partial charge in [-0.3, -0.25) is 10.1 Å². The van der Waals surface area contributed by atoms with Gasteiger partial charge in [-0.05, 0) is 24.3 Å². The number of nitrogens with two attached hydrogens (primary N) is 1. The number of amides is 1. The first kappa shape index (κ1) is 12.1. The van der Waals surface area contributed by atoms with E-state index in [1.807, 2.05) is 24.3 Å². The Morgan fingerprint density at radius 3 is 2.70 bits per heavy atom. The number of carbonyl (C=O) groups excluding carboxylic acids is 1. The van der Waals surface area contributed by atoms with Crippen molar-refractivity contribution in [3.05, 3.63) is 42.1 Å². The van der Waals surface area contributed by atoms with Crippen LogP contribution in [-0.2, 0) is 0 Å². The van der Waals surface area contributed by atoms with Gasteiger partial charge >= 0.3 is 0 Å². The number of nitrogen functional groups attached to an aromatic ring is 1. The second kappa shape index (κ2) is 4.94. The van der Waals surface area contributed by atoms with Crippen LogP contribution in [0, 0.1) is 0 Å². The number of carbonyl (C=O) groups is 1. The van der Waals surface area contributed by atoms with Gasteiger partial charge in [0.2, 0.25) is 5.95 Å². The number of imidazole rings is 1. The van der Waals surface area contributed by atoms with Crippen molar-refractivity contribution in [3.63, 3.8) is 0 Å². The number of hydrogen-bond donors (Lipinski definition) is 4. The van der Waals surface area contributed by atoms with Crippen LogP contribution in [0.15, 0.2) is 36.4 Å². The summed E-state index contributed by atoms with van der Waals surface area (Å²) < 4.78 is 0. The molecule has 3 rings (SSSR count). The summed E-state index contributed by atoms with van der Waals surface area (Å²) in [5.74, 6) is 5.51. The summed E-state index contributed by atoms with van der Waals surface area (Å²) in [5.41, 5.74) is 4.13. The third-order valence-corrected chi connectivity index (χ3v) is 2.67. The van der Waals surface area contributed by atoms with Gasteiger partial charge in [-0.15, -0.1) is 10.2 Å². The Hall–Kier alpha value is -3.00. The quantitative estimate of drug-likeness (QED) is 0.414. The first-order valence-electron chi connectivity index (χ1n) is 5.83. The molecule has 1 amide bonds. The molecule has 8 nitrogen and oxygen atoms in total. The van der Waals surface area contributed by atoms with Gasteiger partial charge in [-0.25, -0.2) is 10.8 Å². The monoisotopic (exact) mass is 269 g/mol. The number of hydrogen-bond acceptors (Lipinski definition) is 6. The molecule has 0 atom stereocenters. The minimum Gasteiger partial charge on any atom is -0.324 e. The molecular weight excluding hydrogens is 258 g/mol. The molecule has 0 unspecified atom stereocenters. The lowest BCUT2D eigenvalue weighted by atomic mass is 10.3. The maximum Gasteiger partial charge on any atom is 0.278 e. The van der Waals surface area contributed by atoms with E-state index in [-0.39, 0.29) is 5.69 Å². The average Bonchev–Trinajstić information content (AvgIpc) is 2.89. The van der Waals surface area contributed by atoms with Gasteiger partial charge in [-0.2, -0.15) is 0 Å². The van der Waals surface area contributed by atoms with E-state index in [4.69, 9.17) is 5.84 Å². The largest absolute Gasteiger partial charge is 0.324 e. The van der Waals surface area contributed by atoms with Crippen LogP contribution in [-0.4, -0.2) is 26.1 Å². The zero-order chi connectivity index (χ0) is 13.9. The Balaban J connectivity index is 1.80. The number of anilines is 2. The summed E-state index contributed by atoms with van der Waals surface area (Å²) in [6.07, 6.45) is 0. The fraction of sp³-hybridized carbons (Fsp3) is 0. The summed E-state index contributed by atoms with van der Waals surface area (Å²) in [6, 6.07) is 10.6. The minimum absolute atomic E-state index is 0.171. The summed E-state index contributed by atoms with van der Waals surface area (Å²) >= 11 is 0. The zero-order valence-electron chi connectivity index (χ0n) is 10.3. The van der Waals surface area contributed by atoms with E-state index in [2.05, 4.69) is 30.9 Å². The molecule has 0 aliphatic rings. The zero-order valence-corrected chi connectivity index (χ0v) is 10.3. The smallest absolute Gasteiger partial charge is 0.278 e. The van der Waals surface area contributed by atoms with E-state index in [0.29, 0.717) is 11.8 Å². The van der Waals surface area contributed by atoms with Gasteiger partial charge in [0.15, 0.2) is 11.5 Å². The first-order valence-corrected chi connectivity index (χ1v) is 5.83. The van der Waals surface area contributed by atoms with Gasteiger partial charge in [0.1, 0.15) is 0 Å². The minimum atomic E-state index is -0.403. The van der Waals surface area contributed by atoms with Crippen molar-refractivity contribution in [3.8, 4) is 0 Å². The van der Waals surface area contributed by atoms with Crippen molar-refractivity contribution >= 4 is 28.7 Å². The maximum atomic E-state index is 12.0. The third-order valence-electron chi connectivity index (χ3n) is 2.67. The van der Waals surface area contributed by atoms with Crippen LogP contribution in [0.5, 0.6) is 0 Å². The number of aromatic nitrogens is 4. The number of fused-ring (bicyclic) bond motifs is 1. The molecule has 3 aromatic rings. The van der Waals surface area contributed by atoms with E-state index >= 15 is 0 Å². The topological polar surface area (TPSA) is 122 Å². The van der Waals surface area contributed by atoms with E-state index < -0.39 is 5.91 Å². The van der Waals surface area contributed by atoms with E-state index in [1.165, 1.54) is 6.07 Å². The second-order valence-electron chi connectivity index (χ2n) is 4.00. The molecule has 5 N–H and O–H groups in total. The van der Waals surface area contributed by atoms with Crippen molar-refractivity contribution in [2.24, 2.45) is 5.84 Å². The van der Waals surface area contributed by atoms with E-state index in [0.717, 1.165) is 11.0 Å². The molecule has 0 aliphatic carbocycles. The molecule has 8 heteroatoms. The molecule has 1 aromatic carbocycles. The molecule has 0 fully saturated rings. The Morgan fingerprint density at radius 1 is 1.15 bits per heavy atom. The number of benzene rings is 1. The molecule has 0 saturated carbocycles. The van der Waals surface area contributed by atoms with Crippen molar-refractivity contribution in [2.75, 3.05) is 10.7 Å². The Kier molecular flexibility index (Phi) is 2.98. The van der Waals surface area contributed by atoms with Crippen molar-refractivity contribution < 1.29 is 4.79 Å². The fourth-order valence-electron chi connectivity index (χ4n) is 1.71. The lowest BCUT2D eigenvalue weighted by Crippen LogP contribution is -2.16. The third kappa shape index (κ3) is 2.27. The van der Waals surface area contributed by atoms with Crippen LogP contribution in [0.4, 0.5) is 11.8 Å². The van der Waals surface area contributed by atoms with Crippen LogP contribution in [0.2, 0.25) is 0 Å². The van der Waals surface area contributed by atoms with Gasteiger partial charge < -0.3 is 10.4 Å². The summed E-state index contributed by atoms with van der Waals surface area (Å²) in [6.45, 7) is 0. The lowest BCUT2D eigenvalue weighted by Gasteiger charge is -2.01. The molecular formula is C12H11N7O. The number of H-pyrrole nitrogens is 1. The Bertz CT molecular complexity index is 717. The first-order chi connectivity index (χ1) is 9.76. The number of para-hydroxylation sites is 2. The number of rotatable bonds is 3. The highest BCUT2D eigenvalue weighted by molar-refractivity contribution is 6.02. The average molecular weight is 269 g/mol. The van der Waals surface area contributed by atoms with Gasteiger partial charge in [-0.1, -0.05) is 12.1 Å². The van der Waals surface area contributed by atoms with Gasteiger partial charge in [0.25, 0.3) is 5.91 Å². The molecule has 20 heavy (non-hydrogen) atoms. The van der Waals surface area contributed by atoms with Crippen molar-refractivity contribution in [2.45, 2.75) is 0 Å². The molecule has 0 radical (unpaired) electrons. The number of aromatic amines is 1. The maximum absolute atomic E-state index is 12.0. The van der Waals surface area contributed by atoms with E-state index in [9.17, 15) is 4.79 Å². The predicted octanol–water partition coefficient (Wildman–Crippen LogP) is 0.891. The summed E-state index contributed by atoms with van der Waals surface area (Å²) in [5, 5.41) is 10.1. The van der Waals surface area contributed by atoms with Gasteiger partial charge in [0.05, 0.1) is 11.0 Å². The molecule has 2 heterocycles. The van der Waals surface area contributed by atoms with E-state index in [1.54, 1.807) is 6.07 Å². The molecule has 100 valence electrons. The molecule has 0 saturated heterocycles. The predicted molar refractivity (Wildman–Crippen MR) is 73.9 cm³/mol. The fourth-order valence-corrected chi connectivity index (χ4v) is 1.71. The van der Waals surface area contributed by atoms with Crippen molar-refractivity contribution in [1.82, 2.24) is 20.2 Å². The Morgan fingerprint density at radius 2 is 2.00 bits per heavy atom. The van der Waals surface area contributed by atoms with Gasteiger partial charge in [0, 0.05) is 0 Å². The summed E-state index contributed by atoms with van der Waals surface area (Å²) in [7, 11) is 0. The highest BCUT2D eigenvalue weighted by atomic mass is 16.2. The second-order valence-corrected chi connectivity index (χ2v) is 4.00. The SMILES string of the molecule is NNc1ccc(C(=O)Nc2nc3ccccc3[nH]2)nn1. The summed E-state index contributed by atoms with van der Waals surface area (Å²) in [4.78, 5) is 19.2. The lowest BCUT2D eigenvalue weighted by molar-refractivity contribution is 0.102. The van der Waals surface area contributed by atoms with Crippen LogP contribution >= 0.6 is 0 Å².